The van der Waals surface area contributed by atoms with Gasteiger partial charge in [0.05, 0.1) is 19.1 Å². The molecular weight excluding hydrogens is 365 g/mol. The van der Waals surface area contributed by atoms with Gasteiger partial charge in [-0.05, 0) is 25.1 Å². The van der Waals surface area contributed by atoms with Gasteiger partial charge >= 0.3 is 0 Å². The number of aromatic nitrogens is 3. The molecule has 1 amide bonds. The first-order valence-electron chi connectivity index (χ1n) is 8.45. The van der Waals surface area contributed by atoms with Crippen LogP contribution in [0.4, 0.5) is 21.7 Å². The standard InChI is InChI=1S/C19H16FN5O3/c1-9-3-4-13(20)10(5-9)11-6-14(19(28-2)25-18(11)27)23-16-12-7-15(26)24-17(12)22-8-21-16/h3-6,8H,7H2,1-2H3,(H,25,27)(H2,21,22,23,24,26). The van der Waals surface area contributed by atoms with Crippen molar-refractivity contribution in [2.45, 2.75) is 13.3 Å². The molecule has 3 N–H and O–H groups in total. The van der Waals surface area contributed by atoms with E-state index in [0.717, 1.165) is 5.56 Å². The van der Waals surface area contributed by atoms with Crippen LogP contribution in [0.25, 0.3) is 11.1 Å². The molecule has 0 aliphatic carbocycles. The molecule has 0 fully saturated rings. The Morgan fingerprint density at radius 3 is 2.79 bits per heavy atom. The summed E-state index contributed by atoms with van der Waals surface area (Å²) in [6.07, 6.45) is 1.44. The van der Waals surface area contributed by atoms with Crippen molar-refractivity contribution in [1.82, 2.24) is 15.0 Å². The Bertz CT molecular complexity index is 1160. The predicted octanol–water partition coefficient (Wildman–Crippen LogP) is 2.53. The number of ether oxygens (including phenoxy) is 1. The summed E-state index contributed by atoms with van der Waals surface area (Å²) in [7, 11) is 1.40. The molecule has 0 spiro atoms. The van der Waals surface area contributed by atoms with Crippen LogP contribution in [-0.4, -0.2) is 28.0 Å². The van der Waals surface area contributed by atoms with E-state index in [4.69, 9.17) is 4.74 Å². The molecule has 0 unspecified atom stereocenters. The van der Waals surface area contributed by atoms with Crippen LogP contribution in [0.2, 0.25) is 0 Å². The molecule has 1 aliphatic heterocycles. The highest BCUT2D eigenvalue weighted by Gasteiger charge is 2.24. The summed E-state index contributed by atoms with van der Waals surface area (Å²) in [5, 5.41) is 5.70. The highest BCUT2D eigenvalue weighted by atomic mass is 19.1. The molecule has 0 radical (unpaired) electrons. The smallest absolute Gasteiger partial charge is 0.258 e. The topological polar surface area (TPSA) is 109 Å². The number of fused-ring (bicyclic) bond motifs is 1. The maximum Gasteiger partial charge on any atom is 0.258 e. The van der Waals surface area contributed by atoms with Crippen LogP contribution < -0.4 is 20.9 Å². The summed E-state index contributed by atoms with van der Waals surface area (Å²) in [5.74, 6) is 0.283. The van der Waals surface area contributed by atoms with Gasteiger partial charge in [-0.15, -0.1) is 0 Å². The number of carbonyl (C=O) groups excluding carboxylic acids is 1. The van der Waals surface area contributed by atoms with Gasteiger partial charge in [-0.3, -0.25) is 14.6 Å². The van der Waals surface area contributed by atoms with E-state index in [1.165, 1.54) is 25.6 Å². The Morgan fingerprint density at radius 1 is 1.18 bits per heavy atom. The lowest BCUT2D eigenvalue weighted by Crippen LogP contribution is -2.13. The van der Waals surface area contributed by atoms with Crippen LogP contribution in [0, 0.1) is 12.7 Å². The number of amides is 1. The molecule has 8 nitrogen and oxygen atoms in total. The van der Waals surface area contributed by atoms with Crippen LogP contribution in [-0.2, 0) is 11.2 Å². The van der Waals surface area contributed by atoms with E-state index < -0.39 is 11.4 Å². The number of hydrogen-bond acceptors (Lipinski definition) is 6. The maximum atomic E-state index is 14.3. The number of anilines is 3. The normalized spacial score (nSPS) is 12.5. The van der Waals surface area contributed by atoms with Crippen molar-refractivity contribution in [3.05, 3.63) is 57.9 Å². The molecule has 0 bridgehead atoms. The molecule has 142 valence electrons. The lowest BCUT2D eigenvalue weighted by Gasteiger charge is -2.14. The fourth-order valence-corrected chi connectivity index (χ4v) is 3.07. The first-order chi connectivity index (χ1) is 13.5. The summed E-state index contributed by atoms with van der Waals surface area (Å²) < 4.78 is 19.6. The molecule has 3 heterocycles. The second-order valence-electron chi connectivity index (χ2n) is 6.34. The van der Waals surface area contributed by atoms with E-state index in [1.807, 2.05) is 6.92 Å². The molecule has 0 saturated carbocycles. The largest absolute Gasteiger partial charge is 0.481 e. The number of pyridine rings is 1. The zero-order valence-corrected chi connectivity index (χ0v) is 15.1. The van der Waals surface area contributed by atoms with Gasteiger partial charge in [-0.25, -0.2) is 14.4 Å². The molecule has 0 saturated heterocycles. The third-order valence-corrected chi connectivity index (χ3v) is 4.41. The zero-order valence-electron chi connectivity index (χ0n) is 15.1. The summed E-state index contributed by atoms with van der Waals surface area (Å²) >= 11 is 0. The Balaban J connectivity index is 1.82. The molecular formula is C19H16FN5O3. The van der Waals surface area contributed by atoms with E-state index in [1.54, 1.807) is 12.1 Å². The van der Waals surface area contributed by atoms with Crippen molar-refractivity contribution in [2.75, 3.05) is 17.7 Å². The van der Waals surface area contributed by atoms with Crippen molar-refractivity contribution in [2.24, 2.45) is 0 Å². The summed E-state index contributed by atoms with van der Waals surface area (Å²) in [6.45, 7) is 1.81. The lowest BCUT2D eigenvalue weighted by atomic mass is 10.0. The van der Waals surface area contributed by atoms with Crippen LogP contribution in [0.3, 0.4) is 0 Å². The number of hydrogen-bond donors (Lipinski definition) is 3. The molecule has 0 atom stereocenters. The third-order valence-electron chi connectivity index (χ3n) is 4.41. The van der Waals surface area contributed by atoms with Gasteiger partial charge in [0.25, 0.3) is 5.56 Å². The molecule has 1 aliphatic rings. The quantitative estimate of drug-likeness (QED) is 0.641. The van der Waals surface area contributed by atoms with Crippen LogP contribution in [0.15, 0.2) is 35.4 Å². The van der Waals surface area contributed by atoms with Crippen molar-refractivity contribution in [3.8, 4) is 17.0 Å². The van der Waals surface area contributed by atoms with Crippen LogP contribution >= 0.6 is 0 Å². The van der Waals surface area contributed by atoms with Crippen molar-refractivity contribution < 1.29 is 13.9 Å². The number of carbonyl (C=O) groups is 1. The molecule has 4 rings (SSSR count). The van der Waals surface area contributed by atoms with Gasteiger partial charge in [-0.2, -0.15) is 0 Å². The average molecular weight is 381 g/mol. The molecule has 1 aromatic carbocycles. The second-order valence-corrected chi connectivity index (χ2v) is 6.34. The van der Waals surface area contributed by atoms with Crippen LogP contribution in [0.1, 0.15) is 11.1 Å². The second kappa shape index (κ2) is 6.76. The Morgan fingerprint density at radius 2 is 2.00 bits per heavy atom. The van der Waals surface area contributed by atoms with E-state index >= 15 is 0 Å². The zero-order chi connectivity index (χ0) is 19.8. The van der Waals surface area contributed by atoms with Crippen molar-refractivity contribution in [1.29, 1.82) is 0 Å². The van der Waals surface area contributed by atoms with Gasteiger partial charge in [0.15, 0.2) is 0 Å². The molecule has 3 aromatic rings. The van der Waals surface area contributed by atoms with Gasteiger partial charge in [0.2, 0.25) is 11.8 Å². The number of halogens is 1. The number of nitrogens with zero attached hydrogens (tertiary/aromatic N) is 2. The van der Waals surface area contributed by atoms with Crippen molar-refractivity contribution >= 4 is 23.2 Å². The van der Waals surface area contributed by atoms with E-state index in [2.05, 4.69) is 25.6 Å². The third kappa shape index (κ3) is 3.07. The van der Waals surface area contributed by atoms with Gasteiger partial charge in [-0.1, -0.05) is 11.6 Å². The van der Waals surface area contributed by atoms with Gasteiger partial charge in [0.1, 0.15) is 29.5 Å². The minimum absolute atomic E-state index is 0.129. The number of rotatable bonds is 4. The first-order valence-corrected chi connectivity index (χ1v) is 8.45. The number of aryl methyl sites for hydroxylation is 1. The van der Waals surface area contributed by atoms with Crippen molar-refractivity contribution in [3.63, 3.8) is 0 Å². The van der Waals surface area contributed by atoms with E-state index in [-0.39, 0.29) is 29.3 Å². The lowest BCUT2D eigenvalue weighted by molar-refractivity contribution is -0.115. The number of benzene rings is 1. The fourth-order valence-electron chi connectivity index (χ4n) is 3.07. The fraction of sp³-hybridized carbons (Fsp3) is 0.158. The molecule has 28 heavy (non-hydrogen) atoms. The van der Waals surface area contributed by atoms with E-state index in [9.17, 15) is 14.0 Å². The molecule has 2 aromatic heterocycles. The average Bonchev–Trinajstić information content (AvgIpc) is 3.06. The Hall–Kier alpha value is -3.75. The number of nitrogens with one attached hydrogen (secondary N) is 3. The van der Waals surface area contributed by atoms with Gasteiger partial charge < -0.3 is 15.4 Å². The Kier molecular flexibility index (Phi) is 4.26. The summed E-state index contributed by atoms with van der Waals surface area (Å²) in [5.41, 5.74) is 1.62. The summed E-state index contributed by atoms with van der Waals surface area (Å²) in [4.78, 5) is 35.0. The van der Waals surface area contributed by atoms with Crippen LogP contribution in [0.5, 0.6) is 5.88 Å². The van der Waals surface area contributed by atoms with Gasteiger partial charge in [0, 0.05) is 11.1 Å². The molecule has 9 heteroatoms. The monoisotopic (exact) mass is 381 g/mol. The first kappa shape index (κ1) is 17.7. The maximum absolute atomic E-state index is 14.3. The number of H-pyrrole nitrogens is 1. The summed E-state index contributed by atoms with van der Waals surface area (Å²) in [6, 6.07) is 6.04. The Labute approximate surface area is 158 Å². The highest BCUT2D eigenvalue weighted by Crippen LogP contribution is 2.33. The van der Waals surface area contributed by atoms with E-state index in [0.29, 0.717) is 22.9 Å². The number of methoxy groups -OCH3 is 1. The SMILES string of the molecule is COc1[nH]c(=O)c(-c2cc(C)ccc2F)cc1Nc1ncnc2c1CC(=O)N2. The highest BCUT2D eigenvalue weighted by molar-refractivity contribution is 5.99. The number of aromatic amines is 1. The predicted molar refractivity (Wildman–Crippen MR) is 101 cm³/mol. The minimum atomic E-state index is -0.509. The minimum Gasteiger partial charge on any atom is -0.481 e.